The lowest BCUT2D eigenvalue weighted by atomic mass is 10.0. The van der Waals surface area contributed by atoms with E-state index in [1.807, 2.05) is 12.1 Å². The van der Waals surface area contributed by atoms with Crippen LogP contribution >= 0.6 is 11.6 Å². The quantitative estimate of drug-likeness (QED) is 0.888. The van der Waals surface area contributed by atoms with E-state index in [9.17, 15) is 4.79 Å². The summed E-state index contributed by atoms with van der Waals surface area (Å²) in [6.07, 6.45) is -0.534. The number of amides is 1. The third-order valence-corrected chi connectivity index (χ3v) is 3.20. The highest BCUT2D eigenvalue weighted by Gasteiger charge is 2.24. The number of rotatable bonds is 4. The Morgan fingerprint density at radius 1 is 1.17 bits per heavy atom. The zero-order chi connectivity index (χ0) is 17.0. The van der Waals surface area contributed by atoms with Crippen LogP contribution in [-0.4, -0.2) is 18.8 Å². The molecular weight excluding hydrogens is 318 g/mol. The number of furan rings is 1. The number of carbonyl (C=O) groups excluding carboxylic acids is 1. The molecule has 1 amide bonds. The van der Waals surface area contributed by atoms with E-state index in [0.717, 1.165) is 5.56 Å². The highest BCUT2D eigenvalue weighted by molar-refractivity contribution is 6.30. The average molecular weight is 338 g/mol. The van der Waals surface area contributed by atoms with Gasteiger partial charge in [-0.15, -0.1) is 0 Å². The van der Waals surface area contributed by atoms with Crippen molar-refractivity contribution in [1.29, 1.82) is 0 Å². The fourth-order valence-corrected chi connectivity index (χ4v) is 2.12. The normalized spacial score (nSPS) is 12.6. The predicted molar refractivity (Wildman–Crippen MR) is 87.9 cm³/mol. The van der Waals surface area contributed by atoms with Crippen molar-refractivity contribution in [2.75, 3.05) is 7.11 Å². The van der Waals surface area contributed by atoms with Crippen molar-refractivity contribution in [2.24, 2.45) is 0 Å². The molecule has 0 unspecified atom stereocenters. The van der Waals surface area contributed by atoms with Crippen LogP contribution in [-0.2, 0) is 4.74 Å². The first-order valence-electron chi connectivity index (χ1n) is 7.17. The number of carbonyl (C=O) groups is 1. The highest BCUT2D eigenvalue weighted by Crippen LogP contribution is 2.28. The zero-order valence-electron chi connectivity index (χ0n) is 13.6. The second-order valence-corrected chi connectivity index (χ2v) is 6.43. The molecule has 6 heteroatoms. The van der Waals surface area contributed by atoms with E-state index in [1.165, 1.54) is 7.11 Å². The Morgan fingerprint density at radius 3 is 2.35 bits per heavy atom. The van der Waals surface area contributed by atoms with E-state index in [4.69, 9.17) is 25.5 Å². The van der Waals surface area contributed by atoms with Crippen molar-refractivity contribution < 1.29 is 18.7 Å². The lowest BCUT2D eigenvalue weighted by Crippen LogP contribution is -2.35. The standard InChI is InChI=1S/C17H20ClNO4/c1-17(2,3)23-16(20)19-15(11-5-7-12(18)8-6-11)13-9-10-14(21-4)22-13/h5-10,15H,1-4H3,(H,19,20)/t15-/m0/s1. The number of benzene rings is 1. The van der Waals surface area contributed by atoms with Gasteiger partial charge < -0.3 is 19.2 Å². The smallest absolute Gasteiger partial charge is 0.408 e. The molecule has 1 aromatic carbocycles. The van der Waals surface area contributed by atoms with Crippen LogP contribution in [0, 0.1) is 0 Å². The van der Waals surface area contributed by atoms with Gasteiger partial charge in [0.25, 0.3) is 5.95 Å². The first kappa shape index (κ1) is 17.2. The number of alkyl carbamates (subject to hydrolysis) is 1. The number of ether oxygens (including phenoxy) is 2. The van der Waals surface area contributed by atoms with Crippen LogP contribution in [0.5, 0.6) is 5.95 Å². The molecule has 0 fully saturated rings. The minimum Gasteiger partial charge on any atom is -0.468 e. The van der Waals surface area contributed by atoms with Crippen LogP contribution in [0.25, 0.3) is 0 Å². The molecule has 23 heavy (non-hydrogen) atoms. The average Bonchev–Trinajstić information content (AvgIpc) is 2.92. The van der Waals surface area contributed by atoms with E-state index >= 15 is 0 Å². The van der Waals surface area contributed by atoms with E-state index in [0.29, 0.717) is 16.7 Å². The van der Waals surface area contributed by atoms with Gasteiger partial charge in [0.1, 0.15) is 17.4 Å². The third kappa shape index (κ3) is 4.93. The van der Waals surface area contributed by atoms with Crippen LogP contribution < -0.4 is 10.1 Å². The number of hydrogen-bond acceptors (Lipinski definition) is 4. The number of halogens is 1. The van der Waals surface area contributed by atoms with E-state index < -0.39 is 17.7 Å². The Morgan fingerprint density at radius 2 is 1.83 bits per heavy atom. The molecule has 0 saturated carbocycles. The van der Waals surface area contributed by atoms with E-state index in [2.05, 4.69) is 5.32 Å². The van der Waals surface area contributed by atoms with Gasteiger partial charge in [0.05, 0.1) is 7.11 Å². The Labute approximate surface area is 140 Å². The molecule has 2 rings (SSSR count). The summed E-state index contributed by atoms with van der Waals surface area (Å²) < 4.78 is 16.0. The molecule has 0 aliphatic rings. The highest BCUT2D eigenvalue weighted by atomic mass is 35.5. The summed E-state index contributed by atoms with van der Waals surface area (Å²) in [5, 5.41) is 3.42. The number of nitrogens with one attached hydrogen (secondary N) is 1. The molecule has 1 N–H and O–H groups in total. The molecule has 0 bridgehead atoms. The molecule has 0 aliphatic heterocycles. The summed E-state index contributed by atoms with van der Waals surface area (Å²) in [6, 6.07) is 10.1. The van der Waals surface area contributed by atoms with Gasteiger partial charge in [-0.25, -0.2) is 4.79 Å². The Kier molecular flexibility index (Phi) is 5.21. The summed E-state index contributed by atoms with van der Waals surface area (Å²) in [5.41, 5.74) is 0.229. The van der Waals surface area contributed by atoms with Crippen LogP contribution in [0.3, 0.4) is 0 Å². The maximum absolute atomic E-state index is 12.1. The second kappa shape index (κ2) is 6.96. The fraction of sp³-hybridized carbons (Fsp3) is 0.353. The van der Waals surface area contributed by atoms with Crippen LogP contribution in [0.15, 0.2) is 40.8 Å². The molecule has 1 aromatic heterocycles. The van der Waals surface area contributed by atoms with Gasteiger partial charge in [-0.1, -0.05) is 23.7 Å². The minimum absolute atomic E-state index is 0.366. The second-order valence-electron chi connectivity index (χ2n) is 5.99. The fourth-order valence-electron chi connectivity index (χ4n) is 2.00. The maximum atomic E-state index is 12.1. The maximum Gasteiger partial charge on any atom is 0.408 e. The summed E-state index contributed by atoms with van der Waals surface area (Å²) in [7, 11) is 1.52. The Hall–Kier alpha value is -2.14. The minimum atomic E-state index is -0.588. The summed E-state index contributed by atoms with van der Waals surface area (Å²) >= 11 is 5.93. The molecule has 1 heterocycles. The molecule has 1 atom stereocenters. The number of hydrogen-bond donors (Lipinski definition) is 1. The van der Waals surface area contributed by atoms with Crippen LogP contribution in [0.1, 0.15) is 38.1 Å². The molecule has 2 aromatic rings. The van der Waals surface area contributed by atoms with Gasteiger partial charge >= 0.3 is 6.09 Å². The summed E-state index contributed by atoms with van der Waals surface area (Å²) in [5.74, 6) is 0.903. The van der Waals surface area contributed by atoms with Crippen molar-refractivity contribution in [3.05, 3.63) is 52.7 Å². The van der Waals surface area contributed by atoms with Gasteiger partial charge in [0.15, 0.2) is 0 Å². The van der Waals surface area contributed by atoms with E-state index in [-0.39, 0.29) is 0 Å². The first-order valence-corrected chi connectivity index (χ1v) is 7.55. The first-order chi connectivity index (χ1) is 10.8. The van der Waals surface area contributed by atoms with Crippen LogP contribution in [0.2, 0.25) is 5.02 Å². The largest absolute Gasteiger partial charge is 0.468 e. The molecule has 5 nitrogen and oxygen atoms in total. The van der Waals surface area contributed by atoms with Gasteiger partial charge in [0.2, 0.25) is 0 Å². The molecule has 124 valence electrons. The summed E-state index contributed by atoms with van der Waals surface area (Å²) in [6.45, 7) is 5.42. The SMILES string of the molecule is COc1ccc([C@@H](NC(=O)OC(C)(C)C)c2ccc(Cl)cc2)o1. The molecule has 0 spiro atoms. The molecule has 0 aliphatic carbocycles. The summed E-state index contributed by atoms with van der Waals surface area (Å²) in [4.78, 5) is 12.1. The van der Waals surface area contributed by atoms with Gasteiger partial charge in [-0.3, -0.25) is 0 Å². The van der Waals surface area contributed by atoms with Crippen molar-refractivity contribution in [2.45, 2.75) is 32.4 Å². The monoisotopic (exact) mass is 337 g/mol. The van der Waals surface area contributed by atoms with Gasteiger partial charge in [-0.2, -0.15) is 0 Å². The van der Waals surface area contributed by atoms with Crippen molar-refractivity contribution in [3.8, 4) is 5.95 Å². The van der Waals surface area contributed by atoms with Crippen LogP contribution in [0.4, 0.5) is 4.79 Å². The third-order valence-electron chi connectivity index (χ3n) is 2.95. The van der Waals surface area contributed by atoms with Crippen molar-refractivity contribution in [3.63, 3.8) is 0 Å². The van der Waals surface area contributed by atoms with Gasteiger partial charge in [0, 0.05) is 11.1 Å². The topological polar surface area (TPSA) is 60.7 Å². The molecular formula is C17H20ClNO4. The predicted octanol–water partition coefficient (Wildman–Crippen LogP) is 4.56. The molecule has 0 saturated heterocycles. The number of methoxy groups -OCH3 is 1. The van der Waals surface area contributed by atoms with Crippen molar-refractivity contribution in [1.82, 2.24) is 5.32 Å². The lowest BCUT2D eigenvalue weighted by molar-refractivity contribution is 0.0506. The van der Waals surface area contributed by atoms with Gasteiger partial charge in [-0.05, 0) is 44.5 Å². The van der Waals surface area contributed by atoms with Crippen molar-refractivity contribution >= 4 is 17.7 Å². The van der Waals surface area contributed by atoms with E-state index in [1.54, 1.807) is 45.0 Å². The lowest BCUT2D eigenvalue weighted by Gasteiger charge is -2.23. The molecule has 0 radical (unpaired) electrons. The Balaban J connectivity index is 2.27. The Bertz CT molecular complexity index is 658. The zero-order valence-corrected chi connectivity index (χ0v) is 14.3.